The summed E-state index contributed by atoms with van der Waals surface area (Å²) >= 11 is 0. The highest BCUT2D eigenvalue weighted by atomic mass is 16.1. The van der Waals surface area contributed by atoms with Crippen LogP contribution in [-0.4, -0.2) is 20.9 Å². The van der Waals surface area contributed by atoms with Crippen molar-refractivity contribution in [1.82, 2.24) is 15.0 Å². The first-order valence-corrected chi connectivity index (χ1v) is 7.19. The van der Waals surface area contributed by atoms with Crippen molar-refractivity contribution in [3.05, 3.63) is 48.4 Å². The van der Waals surface area contributed by atoms with Crippen LogP contribution in [0.2, 0.25) is 0 Å². The molecule has 3 aromatic rings. The molecule has 23 heavy (non-hydrogen) atoms. The molecule has 0 bridgehead atoms. The molecule has 1 amide bonds. The largest absolute Gasteiger partial charge is 0.397 e. The number of aryl methyl sites for hydroxylation is 1. The van der Waals surface area contributed by atoms with Gasteiger partial charge in [0, 0.05) is 36.1 Å². The quantitative estimate of drug-likeness (QED) is 0.648. The lowest BCUT2D eigenvalue weighted by atomic mass is 10.1. The first kappa shape index (κ1) is 14.8. The maximum Gasteiger partial charge on any atom is 0.221 e. The number of nitrogens with zero attached hydrogens (tertiary/aromatic N) is 2. The van der Waals surface area contributed by atoms with E-state index in [2.05, 4.69) is 20.3 Å². The fourth-order valence-corrected chi connectivity index (χ4v) is 2.39. The molecule has 0 saturated heterocycles. The highest BCUT2D eigenvalue weighted by Crippen LogP contribution is 2.28. The molecular formula is C17H17N5O. The van der Waals surface area contributed by atoms with E-state index in [1.54, 1.807) is 24.5 Å². The third-order valence-corrected chi connectivity index (χ3v) is 3.46. The van der Waals surface area contributed by atoms with Crippen molar-refractivity contribution < 1.29 is 4.79 Å². The summed E-state index contributed by atoms with van der Waals surface area (Å²) < 4.78 is 0. The molecule has 0 aliphatic carbocycles. The molecule has 0 aliphatic rings. The van der Waals surface area contributed by atoms with Crippen molar-refractivity contribution in [1.29, 1.82) is 0 Å². The highest BCUT2D eigenvalue weighted by Gasteiger charge is 2.12. The third-order valence-electron chi connectivity index (χ3n) is 3.46. The molecule has 0 fully saturated rings. The van der Waals surface area contributed by atoms with Crippen LogP contribution < -0.4 is 11.1 Å². The van der Waals surface area contributed by atoms with Gasteiger partial charge in [0.05, 0.1) is 17.1 Å². The Kier molecular flexibility index (Phi) is 3.80. The van der Waals surface area contributed by atoms with Gasteiger partial charge in [-0.3, -0.25) is 9.78 Å². The lowest BCUT2D eigenvalue weighted by molar-refractivity contribution is -0.114. The van der Waals surface area contributed by atoms with Gasteiger partial charge >= 0.3 is 0 Å². The van der Waals surface area contributed by atoms with Gasteiger partial charge in [0.2, 0.25) is 5.91 Å². The summed E-state index contributed by atoms with van der Waals surface area (Å²) in [5.41, 5.74) is 10.7. The molecule has 4 N–H and O–H groups in total. The number of amides is 1. The summed E-state index contributed by atoms with van der Waals surface area (Å²) in [7, 11) is 0. The number of rotatable bonds is 3. The number of H-pyrrole nitrogens is 1. The molecule has 6 heteroatoms. The molecule has 0 atom stereocenters. The molecular weight excluding hydrogens is 290 g/mol. The minimum absolute atomic E-state index is 0.155. The van der Waals surface area contributed by atoms with E-state index >= 15 is 0 Å². The molecule has 0 spiro atoms. The number of nitrogens with two attached hydrogens (primary N) is 1. The van der Waals surface area contributed by atoms with Gasteiger partial charge in [0.25, 0.3) is 0 Å². The minimum Gasteiger partial charge on any atom is -0.397 e. The smallest absolute Gasteiger partial charge is 0.221 e. The van der Waals surface area contributed by atoms with Crippen LogP contribution in [0.4, 0.5) is 11.4 Å². The molecule has 116 valence electrons. The Morgan fingerprint density at radius 2 is 2.09 bits per heavy atom. The lowest BCUT2D eigenvalue weighted by Crippen LogP contribution is -2.07. The van der Waals surface area contributed by atoms with E-state index in [1.807, 2.05) is 25.1 Å². The zero-order chi connectivity index (χ0) is 16.4. The summed E-state index contributed by atoms with van der Waals surface area (Å²) in [4.78, 5) is 23.2. The first-order valence-electron chi connectivity index (χ1n) is 7.19. The average molecular weight is 307 g/mol. The zero-order valence-electron chi connectivity index (χ0n) is 12.9. The first-order chi connectivity index (χ1) is 11.0. The molecule has 3 rings (SSSR count). The van der Waals surface area contributed by atoms with Crippen LogP contribution in [0.1, 0.15) is 12.6 Å². The fourth-order valence-electron chi connectivity index (χ4n) is 2.39. The Morgan fingerprint density at radius 3 is 2.74 bits per heavy atom. The summed E-state index contributed by atoms with van der Waals surface area (Å²) in [5.74, 6) is 0.569. The Hall–Kier alpha value is -3.15. The molecule has 2 heterocycles. The van der Waals surface area contributed by atoms with Gasteiger partial charge < -0.3 is 16.0 Å². The number of benzene rings is 1. The van der Waals surface area contributed by atoms with Crippen molar-refractivity contribution in [3.63, 3.8) is 0 Å². The van der Waals surface area contributed by atoms with Crippen LogP contribution >= 0.6 is 0 Å². The summed E-state index contributed by atoms with van der Waals surface area (Å²) in [6.07, 6.45) is 3.51. The number of carbonyl (C=O) groups excluding carboxylic acids is 1. The zero-order valence-corrected chi connectivity index (χ0v) is 12.9. The van der Waals surface area contributed by atoms with E-state index in [1.165, 1.54) is 6.92 Å². The van der Waals surface area contributed by atoms with E-state index in [9.17, 15) is 4.79 Å². The van der Waals surface area contributed by atoms with Crippen LogP contribution in [0.3, 0.4) is 0 Å². The maximum atomic E-state index is 11.1. The molecule has 0 unspecified atom stereocenters. The molecule has 1 aromatic carbocycles. The van der Waals surface area contributed by atoms with Crippen LogP contribution in [0.15, 0.2) is 42.7 Å². The van der Waals surface area contributed by atoms with Crippen molar-refractivity contribution in [2.45, 2.75) is 13.8 Å². The lowest BCUT2D eigenvalue weighted by Gasteiger charge is -2.07. The molecule has 0 aliphatic heterocycles. The monoisotopic (exact) mass is 307 g/mol. The number of hydrogen-bond donors (Lipinski definition) is 3. The second kappa shape index (κ2) is 5.92. The number of aromatic amines is 1. The predicted molar refractivity (Wildman–Crippen MR) is 90.7 cm³/mol. The number of aromatic nitrogens is 3. The van der Waals surface area contributed by atoms with E-state index in [0.717, 1.165) is 28.3 Å². The van der Waals surface area contributed by atoms with Crippen LogP contribution in [0, 0.1) is 6.92 Å². The van der Waals surface area contributed by atoms with Crippen LogP contribution in [0.25, 0.3) is 22.6 Å². The Bertz CT molecular complexity index is 855. The second-order valence-electron chi connectivity index (χ2n) is 5.28. The van der Waals surface area contributed by atoms with Gasteiger partial charge in [-0.2, -0.15) is 0 Å². The summed E-state index contributed by atoms with van der Waals surface area (Å²) in [6.45, 7) is 3.41. The van der Waals surface area contributed by atoms with E-state index in [4.69, 9.17) is 5.73 Å². The van der Waals surface area contributed by atoms with Crippen molar-refractivity contribution in [2.24, 2.45) is 0 Å². The standard InChI is InChI=1S/C17H17N5O/c1-10-16(13-4-3-7-19-9-13)22-17(20-10)12-5-6-15(14(18)8-12)21-11(2)23/h3-9H,18H2,1-2H3,(H,20,22)(H,21,23). The van der Waals surface area contributed by atoms with Crippen molar-refractivity contribution >= 4 is 17.3 Å². The molecule has 6 nitrogen and oxygen atoms in total. The van der Waals surface area contributed by atoms with E-state index < -0.39 is 0 Å². The van der Waals surface area contributed by atoms with Crippen molar-refractivity contribution in [2.75, 3.05) is 11.1 Å². The molecule has 0 saturated carbocycles. The van der Waals surface area contributed by atoms with Crippen molar-refractivity contribution in [3.8, 4) is 22.6 Å². The number of pyridine rings is 1. The van der Waals surface area contributed by atoms with Crippen LogP contribution in [0.5, 0.6) is 0 Å². The number of anilines is 2. The SMILES string of the molecule is CC(=O)Nc1ccc(-c2nc(-c3cccnc3)c(C)[nH]2)cc1N. The Morgan fingerprint density at radius 1 is 1.26 bits per heavy atom. The summed E-state index contributed by atoms with van der Waals surface area (Å²) in [6, 6.07) is 9.27. The van der Waals surface area contributed by atoms with Gasteiger partial charge in [0.15, 0.2) is 0 Å². The third kappa shape index (κ3) is 3.06. The average Bonchev–Trinajstić information content (AvgIpc) is 2.92. The normalized spacial score (nSPS) is 10.5. The number of hydrogen-bond acceptors (Lipinski definition) is 4. The second-order valence-corrected chi connectivity index (χ2v) is 5.28. The predicted octanol–water partition coefficient (Wildman–Crippen LogP) is 2.99. The highest BCUT2D eigenvalue weighted by molar-refractivity contribution is 5.92. The maximum absolute atomic E-state index is 11.1. The number of carbonyl (C=O) groups is 1. The van der Waals surface area contributed by atoms with Crippen LogP contribution in [-0.2, 0) is 4.79 Å². The van der Waals surface area contributed by atoms with Gasteiger partial charge in [-0.25, -0.2) is 4.98 Å². The summed E-state index contributed by atoms with van der Waals surface area (Å²) in [5, 5.41) is 2.69. The van der Waals surface area contributed by atoms with E-state index in [0.29, 0.717) is 11.4 Å². The minimum atomic E-state index is -0.155. The van der Waals surface area contributed by atoms with Gasteiger partial charge in [-0.1, -0.05) is 0 Å². The van der Waals surface area contributed by atoms with Gasteiger partial charge in [-0.15, -0.1) is 0 Å². The van der Waals surface area contributed by atoms with Gasteiger partial charge in [0.1, 0.15) is 5.82 Å². The molecule has 2 aromatic heterocycles. The Labute approximate surface area is 133 Å². The number of imidazole rings is 1. The van der Waals surface area contributed by atoms with Gasteiger partial charge in [-0.05, 0) is 37.3 Å². The fraction of sp³-hybridized carbons (Fsp3) is 0.118. The van der Waals surface area contributed by atoms with E-state index in [-0.39, 0.29) is 5.91 Å². The molecule has 0 radical (unpaired) electrons. The topological polar surface area (TPSA) is 96.7 Å². The Balaban J connectivity index is 1.97. The number of nitrogens with one attached hydrogen (secondary N) is 2. The number of nitrogen functional groups attached to an aromatic ring is 1.